The maximum absolute atomic E-state index is 14.0. The van der Waals surface area contributed by atoms with E-state index in [1.165, 1.54) is 30.3 Å². The summed E-state index contributed by atoms with van der Waals surface area (Å²) in [5.74, 6) is -2.86. The fourth-order valence-corrected chi connectivity index (χ4v) is 2.68. The molecule has 25 heavy (non-hydrogen) atoms. The minimum absolute atomic E-state index is 0.161. The number of halogens is 2. The van der Waals surface area contributed by atoms with Crippen LogP contribution in [-0.2, 0) is 9.59 Å². The van der Waals surface area contributed by atoms with Crippen molar-refractivity contribution in [2.45, 2.75) is 0 Å². The van der Waals surface area contributed by atoms with Gasteiger partial charge in [0.25, 0.3) is 11.8 Å². The van der Waals surface area contributed by atoms with Crippen molar-refractivity contribution in [3.63, 3.8) is 0 Å². The van der Waals surface area contributed by atoms with E-state index in [1.807, 2.05) is 5.32 Å². The largest absolute Gasteiger partial charge is 0.507 e. The van der Waals surface area contributed by atoms with Crippen LogP contribution in [0, 0.1) is 5.82 Å². The van der Waals surface area contributed by atoms with E-state index in [2.05, 4.69) is 15.9 Å². The molecule has 8 heteroatoms. The molecule has 1 heterocycles. The first-order valence-electron chi connectivity index (χ1n) is 7.03. The summed E-state index contributed by atoms with van der Waals surface area (Å²) in [5, 5.41) is 11.9. The Balaban J connectivity index is 2.09. The number of rotatable bonds is 2. The number of urea groups is 1. The summed E-state index contributed by atoms with van der Waals surface area (Å²) in [6, 6.07) is 8.61. The van der Waals surface area contributed by atoms with Crippen molar-refractivity contribution in [3.05, 3.63) is 63.9 Å². The fraction of sp³-hybridized carbons (Fsp3) is 0. The number of imide groups is 2. The van der Waals surface area contributed by atoms with E-state index in [0.717, 1.165) is 12.1 Å². The molecule has 1 aliphatic heterocycles. The third-order valence-corrected chi connectivity index (χ3v) is 3.98. The van der Waals surface area contributed by atoms with Gasteiger partial charge in [0.2, 0.25) is 0 Å². The van der Waals surface area contributed by atoms with Crippen molar-refractivity contribution in [2.24, 2.45) is 0 Å². The van der Waals surface area contributed by atoms with E-state index in [9.17, 15) is 23.9 Å². The summed E-state index contributed by atoms with van der Waals surface area (Å²) in [6.07, 6.45) is 1.14. The predicted molar refractivity (Wildman–Crippen MR) is 91.2 cm³/mol. The SMILES string of the molecule is O=C1NC(=O)N(c2ccccc2F)C(=O)/C1=C\c1cc(Br)ccc1O. The molecule has 0 unspecified atom stereocenters. The van der Waals surface area contributed by atoms with Gasteiger partial charge in [0.1, 0.15) is 17.1 Å². The number of anilines is 1. The first-order valence-corrected chi connectivity index (χ1v) is 7.82. The Morgan fingerprint density at radius 1 is 1.12 bits per heavy atom. The van der Waals surface area contributed by atoms with Gasteiger partial charge in [-0.25, -0.2) is 14.1 Å². The Hall–Kier alpha value is -3.00. The van der Waals surface area contributed by atoms with Crippen molar-refractivity contribution < 1.29 is 23.9 Å². The van der Waals surface area contributed by atoms with Crippen LogP contribution in [0.15, 0.2) is 52.5 Å². The molecule has 0 radical (unpaired) electrons. The molecule has 4 amide bonds. The number of nitrogens with zero attached hydrogens (tertiary/aromatic N) is 1. The Labute approximate surface area is 149 Å². The molecular weight excluding hydrogens is 395 g/mol. The number of phenolic OH excluding ortho intramolecular Hbond substituents is 1. The highest BCUT2D eigenvalue weighted by atomic mass is 79.9. The van der Waals surface area contributed by atoms with Crippen LogP contribution in [0.5, 0.6) is 5.75 Å². The number of benzene rings is 2. The lowest BCUT2D eigenvalue weighted by molar-refractivity contribution is -0.122. The molecule has 126 valence electrons. The van der Waals surface area contributed by atoms with E-state index < -0.39 is 29.2 Å². The Morgan fingerprint density at radius 3 is 2.56 bits per heavy atom. The quantitative estimate of drug-likeness (QED) is 0.594. The summed E-state index contributed by atoms with van der Waals surface area (Å²) in [4.78, 5) is 37.2. The smallest absolute Gasteiger partial charge is 0.336 e. The summed E-state index contributed by atoms with van der Waals surface area (Å²) < 4.78 is 14.6. The van der Waals surface area contributed by atoms with E-state index in [0.29, 0.717) is 9.37 Å². The third-order valence-electron chi connectivity index (χ3n) is 3.48. The zero-order valence-corrected chi connectivity index (χ0v) is 14.1. The van der Waals surface area contributed by atoms with Crippen LogP contribution in [0.2, 0.25) is 0 Å². The van der Waals surface area contributed by atoms with Crippen molar-refractivity contribution in [3.8, 4) is 5.75 Å². The van der Waals surface area contributed by atoms with E-state index in [-0.39, 0.29) is 17.0 Å². The number of nitrogens with one attached hydrogen (secondary N) is 1. The molecule has 2 N–H and O–H groups in total. The number of phenols is 1. The van der Waals surface area contributed by atoms with Gasteiger partial charge in [-0.05, 0) is 36.4 Å². The Bertz CT molecular complexity index is 942. The van der Waals surface area contributed by atoms with Crippen LogP contribution in [0.3, 0.4) is 0 Å². The summed E-state index contributed by atoms with van der Waals surface area (Å²) in [6.45, 7) is 0. The van der Waals surface area contributed by atoms with Crippen molar-refractivity contribution >= 4 is 45.5 Å². The van der Waals surface area contributed by atoms with Gasteiger partial charge in [0, 0.05) is 10.0 Å². The number of hydrogen-bond donors (Lipinski definition) is 2. The lowest BCUT2D eigenvalue weighted by atomic mass is 10.1. The first kappa shape index (κ1) is 16.8. The molecule has 3 rings (SSSR count). The van der Waals surface area contributed by atoms with Gasteiger partial charge in [-0.3, -0.25) is 14.9 Å². The Morgan fingerprint density at radius 2 is 1.84 bits per heavy atom. The second-order valence-corrected chi connectivity index (χ2v) is 6.03. The number of hydrogen-bond acceptors (Lipinski definition) is 4. The second kappa shape index (κ2) is 6.48. The fourth-order valence-electron chi connectivity index (χ4n) is 2.31. The second-order valence-electron chi connectivity index (χ2n) is 5.11. The molecular formula is C17H10BrFN2O4. The van der Waals surface area contributed by atoms with Crippen LogP contribution in [0.1, 0.15) is 5.56 Å². The van der Waals surface area contributed by atoms with E-state index in [1.54, 1.807) is 6.07 Å². The molecule has 6 nitrogen and oxygen atoms in total. The molecule has 0 spiro atoms. The standard InChI is InChI=1S/C17H10BrFN2O4/c18-10-5-6-14(22)9(7-10)8-11-15(23)20-17(25)21(16(11)24)13-4-2-1-3-12(13)19/h1-8,22H,(H,20,23,25)/b11-8-. The van der Waals surface area contributed by atoms with Crippen LogP contribution < -0.4 is 10.2 Å². The van der Waals surface area contributed by atoms with Crippen molar-refractivity contribution in [1.82, 2.24) is 5.32 Å². The highest BCUT2D eigenvalue weighted by Crippen LogP contribution is 2.27. The number of barbiturate groups is 1. The molecule has 0 bridgehead atoms. The lowest BCUT2D eigenvalue weighted by Crippen LogP contribution is -2.54. The maximum atomic E-state index is 14.0. The predicted octanol–water partition coefficient (Wildman–Crippen LogP) is 2.96. The average Bonchev–Trinajstić information content (AvgIpc) is 2.56. The lowest BCUT2D eigenvalue weighted by Gasteiger charge is -2.26. The molecule has 2 aromatic rings. The van der Waals surface area contributed by atoms with Crippen LogP contribution >= 0.6 is 15.9 Å². The van der Waals surface area contributed by atoms with Crippen molar-refractivity contribution in [2.75, 3.05) is 4.90 Å². The maximum Gasteiger partial charge on any atom is 0.336 e. The number of amides is 4. The summed E-state index contributed by atoms with van der Waals surface area (Å²) in [7, 11) is 0. The van der Waals surface area contributed by atoms with Gasteiger partial charge in [0.15, 0.2) is 0 Å². The molecule has 0 atom stereocenters. The molecule has 0 aromatic heterocycles. The van der Waals surface area contributed by atoms with Gasteiger partial charge in [0.05, 0.1) is 5.69 Å². The highest BCUT2D eigenvalue weighted by molar-refractivity contribution is 9.10. The molecule has 2 aromatic carbocycles. The molecule has 1 saturated heterocycles. The summed E-state index contributed by atoms with van der Waals surface area (Å²) in [5.41, 5.74) is -0.492. The first-order chi connectivity index (χ1) is 11.9. The molecule has 1 aliphatic rings. The highest BCUT2D eigenvalue weighted by Gasteiger charge is 2.38. The number of carbonyl (C=O) groups excluding carboxylic acids is 3. The van der Waals surface area contributed by atoms with Crippen LogP contribution in [-0.4, -0.2) is 23.0 Å². The zero-order valence-electron chi connectivity index (χ0n) is 12.5. The van der Waals surface area contributed by atoms with Crippen LogP contribution in [0.4, 0.5) is 14.9 Å². The minimum atomic E-state index is -1.05. The Kier molecular flexibility index (Phi) is 4.37. The van der Waals surface area contributed by atoms with E-state index >= 15 is 0 Å². The number of para-hydroxylation sites is 1. The molecule has 0 saturated carbocycles. The topological polar surface area (TPSA) is 86.7 Å². The average molecular weight is 405 g/mol. The van der Waals surface area contributed by atoms with Crippen LogP contribution in [0.25, 0.3) is 6.08 Å². The van der Waals surface area contributed by atoms with Crippen molar-refractivity contribution in [1.29, 1.82) is 0 Å². The van der Waals surface area contributed by atoms with Gasteiger partial charge < -0.3 is 5.11 Å². The monoisotopic (exact) mass is 404 g/mol. The summed E-state index contributed by atoms with van der Waals surface area (Å²) >= 11 is 3.22. The number of aromatic hydroxyl groups is 1. The normalized spacial score (nSPS) is 16.3. The van der Waals surface area contributed by atoms with E-state index in [4.69, 9.17) is 0 Å². The zero-order chi connectivity index (χ0) is 18.1. The van der Waals surface area contributed by atoms with Gasteiger partial charge in [-0.15, -0.1) is 0 Å². The molecule has 1 fully saturated rings. The minimum Gasteiger partial charge on any atom is -0.507 e. The van der Waals surface area contributed by atoms with Gasteiger partial charge in [-0.1, -0.05) is 28.1 Å². The molecule has 0 aliphatic carbocycles. The van der Waals surface area contributed by atoms with Gasteiger partial charge >= 0.3 is 6.03 Å². The van der Waals surface area contributed by atoms with Gasteiger partial charge in [-0.2, -0.15) is 0 Å². The number of carbonyl (C=O) groups is 3. The third kappa shape index (κ3) is 3.16.